The highest BCUT2D eigenvalue weighted by atomic mass is 35.5. The summed E-state index contributed by atoms with van der Waals surface area (Å²) < 4.78 is 18.4. The van der Waals surface area contributed by atoms with Gasteiger partial charge in [0, 0.05) is 11.3 Å². The Balaban J connectivity index is 2.13. The standard InChI is InChI=1S/C14H11ClFNO2/c15-10-5-3-7-12(17)13(10)14(18)19-8-9-4-1-2-6-11(9)16/h1-7H,8,17H2. The Morgan fingerprint density at radius 1 is 1.21 bits per heavy atom. The van der Waals surface area contributed by atoms with Crippen molar-refractivity contribution in [2.24, 2.45) is 0 Å². The Morgan fingerprint density at radius 3 is 2.63 bits per heavy atom. The number of benzene rings is 2. The van der Waals surface area contributed by atoms with E-state index >= 15 is 0 Å². The van der Waals surface area contributed by atoms with Crippen molar-refractivity contribution >= 4 is 23.3 Å². The molecule has 0 spiro atoms. The summed E-state index contributed by atoms with van der Waals surface area (Å²) in [7, 11) is 0. The van der Waals surface area contributed by atoms with E-state index < -0.39 is 11.8 Å². The fourth-order valence-corrected chi connectivity index (χ4v) is 1.85. The fourth-order valence-electron chi connectivity index (χ4n) is 1.59. The Morgan fingerprint density at radius 2 is 1.95 bits per heavy atom. The molecule has 0 saturated heterocycles. The quantitative estimate of drug-likeness (QED) is 0.692. The maximum Gasteiger partial charge on any atom is 0.342 e. The highest BCUT2D eigenvalue weighted by Crippen LogP contribution is 2.23. The number of carbonyl (C=O) groups is 1. The second kappa shape index (κ2) is 5.71. The van der Waals surface area contributed by atoms with Gasteiger partial charge in [0.05, 0.1) is 5.02 Å². The second-order valence-electron chi connectivity index (χ2n) is 3.87. The van der Waals surface area contributed by atoms with Gasteiger partial charge in [-0.3, -0.25) is 0 Å². The lowest BCUT2D eigenvalue weighted by molar-refractivity contribution is 0.0470. The highest BCUT2D eigenvalue weighted by Gasteiger charge is 2.16. The van der Waals surface area contributed by atoms with E-state index in [-0.39, 0.29) is 22.9 Å². The Kier molecular flexibility index (Phi) is 4.02. The van der Waals surface area contributed by atoms with Gasteiger partial charge in [0.1, 0.15) is 18.0 Å². The van der Waals surface area contributed by atoms with Crippen LogP contribution in [0.15, 0.2) is 42.5 Å². The lowest BCUT2D eigenvalue weighted by Gasteiger charge is -2.09. The van der Waals surface area contributed by atoms with Gasteiger partial charge in [0.25, 0.3) is 0 Å². The predicted molar refractivity (Wildman–Crippen MR) is 71.4 cm³/mol. The van der Waals surface area contributed by atoms with Crippen molar-refractivity contribution in [1.29, 1.82) is 0 Å². The lowest BCUT2D eigenvalue weighted by atomic mass is 10.2. The number of halogens is 2. The molecule has 0 bridgehead atoms. The summed E-state index contributed by atoms with van der Waals surface area (Å²) in [6.07, 6.45) is 0. The van der Waals surface area contributed by atoms with E-state index in [1.54, 1.807) is 30.3 Å². The van der Waals surface area contributed by atoms with E-state index in [1.807, 2.05) is 0 Å². The zero-order valence-corrected chi connectivity index (χ0v) is 10.7. The normalized spacial score (nSPS) is 10.2. The summed E-state index contributed by atoms with van der Waals surface area (Å²) in [6.45, 7) is -0.170. The molecule has 0 aliphatic carbocycles. The van der Waals surface area contributed by atoms with Gasteiger partial charge in [-0.25, -0.2) is 9.18 Å². The van der Waals surface area contributed by atoms with Crippen LogP contribution in [0.3, 0.4) is 0 Å². The van der Waals surface area contributed by atoms with Crippen molar-refractivity contribution in [1.82, 2.24) is 0 Å². The first-order chi connectivity index (χ1) is 9.09. The van der Waals surface area contributed by atoms with E-state index in [1.165, 1.54) is 12.1 Å². The molecule has 2 N–H and O–H groups in total. The van der Waals surface area contributed by atoms with Crippen LogP contribution in [0.4, 0.5) is 10.1 Å². The smallest absolute Gasteiger partial charge is 0.342 e. The molecular weight excluding hydrogens is 269 g/mol. The SMILES string of the molecule is Nc1cccc(Cl)c1C(=O)OCc1ccccc1F. The van der Waals surface area contributed by atoms with Gasteiger partial charge in [-0.05, 0) is 18.2 Å². The van der Waals surface area contributed by atoms with Crippen LogP contribution in [0.2, 0.25) is 5.02 Å². The van der Waals surface area contributed by atoms with Gasteiger partial charge >= 0.3 is 5.97 Å². The number of anilines is 1. The van der Waals surface area contributed by atoms with Gasteiger partial charge in [0.15, 0.2) is 0 Å². The average Bonchev–Trinajstić information content (AvgIpc) is 2.37. The molecule has 0 radical (unpaired) electrons. The molecule has 0 saturated carbocycles. The van der Waals surface area contributed by atoms with Crippen molar-refractivity contribution in [3.63, 3.8) is 0 Å². The molecule has 0 aliphatic rings. The van der Waals surface area contributed by atoms with Gasteiger partial charge < -0.3 is 10.5 Å². The number of hydrogen-bond acceptors (Lipinski definition) is 3. The van der Waals surface area contributed by atoms with Crippen LogP contribution in [0.25, 0.3) is 0 Å². The monoisotopic (exact) mass is 279 g/mol. The maximum atomic E-state index is 13.4. The summed E-state index contributed by atoms with van der Waals surface area (Å²) in [5.74, 6) is -1.10. The van der Waals surface area contributed by atoms with E-state index in [0.29, 0.717) is 5.56 Å². The number of nitrogens with two attached hydrogens (primary N) is 1. The first kappa shape index (κ1) is 13.4. The predicted octanol–water partition coefficient (Wildman–Crippen LogP) is 3.42. The largest absolute Gasteiger partial charge is 0.457 e. The van der Waals surface area contributed by atoms with Gasteiger partial charge in [-0.1, -0.05) is 35.9 Å². The third-order valence-electron chi connectivity index (χ3n) is 2.57. The molecular formula is C14H11ClFNO2. The number of esters is 1. The van der Waals surface area contributed by atoms with E-state index in [4.69, 9.17) is 22.1 Å². The Bertz CT molecular complexity index is 596. The molecule has 2 rings (SSSR count). The minimum Gasteiger partial charge on any atom is -0.457 e. The summed E-state index contributed by atoms with van der Waals surface area (Å²) in [6, 6.07) is 10.8. The van der Waals surface area contributed by atoms with E-state index in [9.17, 15) is 9.18 Å². The molecule has 0 amide bonds. The van der Waals surface area contributed by atoms with Gasteiger partial charge in [-0.15, -0.1) is 0 Å². The van der Waals surface area contributed by atoms with Crippen LogP contribution in [-0.4, -0.2) is 5.97 Å². The third-order valence-corrected chi connectivity index (χ3v) is 2.88. The number of ether oxygens (including phenoxy) is 1. The number of carbonyl (C=O) groups excluding carboxylic acids is 1. The van der Waals surface area contributed by atoms with Crippen LogP contribution in [0.1, 0.15) is 15.9 Å². The minimum absolute atomic E-state index is 0.0977. The van der Waals surface area contributed by atoms with Crippen LogP contribution < -0.4 is 5.73 Å². The van der Waals surface area contributed by atoms with Gasteiger partial charge in [-0.2, -0.15) is 0 Å². The lowest BCUT2D eigenvalue weighted by Crippen LogP contribution is -2.09. The van der Waals surface area contributed by atoms with Crippen LogP contribution in [0, 0.1) is 5.82 Å². The summed E-state index contributed by atoms with van der Waals surface area (Å²) in [4.78, 5) is 11.9. The Labute approximate surface area is 114 Å². The first-order valence-electron chi connectivity index (χ1n) is 5.54. The van der Waals surface area contributed by atoms with Crippen LogP contribution in [0.5, 0.6) is 0 Å². The summed E-state index contributed by atoms with van der Waals surface area (Å²) in [5.41, 5.74) is 6.28. The zero-order chi connectivity index (χ0) is 13.8. The highest BCUT2D eigenvalue weighted by molar-refractivity contribution is 6.34. The molecule has 5 heteroatoms. The molecule has 0 unspecified atom stereocenters. The molecule has 0 aromatic heterocycles. The molecule has 0 fully saturated rings. The van der Waals surface area contributed by atoms with Crippen LogP contribution >= 0.6 is 11.6 Å². The zero-order valence-electron chi connectivity index (χ0n) is 9.90. The average molecular weight is 280 g/mol. The van der Waals surface area contributed by atoms with Crippen molar-refractivity contribution in [2.45, 2.75) is 6.61 Å². The number of nitrogen functional groups attached to an aromatic ring is 1. The van der Waals surface area contributed by atoms with Crippen molar-refractivity contribution < 1.29 is 13.9 Å². The molecule has 0 aliphatic heterocycles. The summed E-state index contributed by atoms with van der Waals surface area (Å²) in [5, 5.41) is 0.207. The minimum atomic E-state index is -0.675. The third kappa shape index (κ3) is 3.03. The molecule has 19 heavy (non-hydrogen) atoms. The molecule has 0 atom stereocenters. The van der Waals surface area contributed by atoms with Crippen molar-refractivity contribution in [3.05, 3.63) is 64.4 Å². The molecule has 2 aromatic rings. The second-order valence-corrected chi connectivity index (χ2v) is 4.28. The van der Waals surface area contributed by atoms with E-state index in [2.05, 4.69) is 0 Å². The maximum absolute atomic E-state index is 13.4. The molecule has 2 aromatic carbocycles. The van der Waals surface area contributed by atoms with Crippen molar-refractivity contribution in [3.8, 4) is 0 Å². The topological polar surface area (TPSA) is 52.3 Å². The van der Waals surface area contributed by atoms with Gasteiger partial charge in [0.2, 0.25) is 0 Å². The first-order valence-corrected chi connectivity index (χ1v) is 5.92. The number of rotatable bonds is 3. The van der Waals surface area contributed by atoms with E-state index in [0.717, 1.165) is 0 Å². The molecule has 98 valence electrons. The summed E-state index contributed by atoms with van der Waals surface area (Å²) >= 11 is 5.88. The fraction of sp³-hybridized carbons (Fsp3) is 0.0714. The molecule has 0 heterocycles. The molecule has 3 nitrogen and oxygen atoms in total. The van der Waals surface area contributed by atoms with Crippen LogP contribution in [-0.2, 0) is 11.3 Å². The Hall–Kier alpha value is -2.07. The number of hydrogen-bond donors (Lipinski definition) is 1. The van der Waals surface area contributed by atoms with Crippen molar-refractivity contribution in [2.75, 3.05) is 5.73 Å².